The second kappa shape index (κ2) is 4.42. The lowest BCUT2D eigenvalue weighted by atomic mass is 10.00. The second-order valence-corrected chi connectivity index (χ2v) is 4.76. The topological polar surface area (TPSA) is 30.2 Å². The van der Waals surface area contributed by atoms with E-state index in [0.717, 1.165) is 17.8 Å². The van der Waals surface area contributed by atoms with Gasteiger partial charge in [-0.3, -0.25) is 0 Å². The van der Waals surface area contributed by atoms with Crippen molar-refractivity contribution in [1.82, 2.24) is 14.6 Å². The summed E-state index contributed by atoms with van der Waals surface area (Å²) in [5.74, 6) is 0.274. The van der Waals surface area contributed by atoms with Gasteiger partial charge in [-0.15, -0.1) is 11.6 Å². The van der Waals surface area contributed by atoms with Crippen LogP contribution in [-0.4, -0.2) is 20.0 Å². The fourth-order valence-electron chi connectivity index (χ4n) is 1.95. The molecule has 86 valence electrons. The Balaban J connectivity index is 2.53. The van der Waals surface area contributed by atoms with Crippen LogP contribution < -0.4 is 0 Å². The van der Waals surface area contributed by atoms with Crippen LogP contribution in [0, 0.1) is 6.92 Å². The van der Waals surface area contributed by atoms with E-state index in [4.69, 9.17) is 11.6 Å². The summed E-state index contributed by atoms with van der Waals surface area (Å²) in [5, 5.41) is 4.38. The van der Waals surface area contributed by atoms with Gasteiger partial charge in [0.2, 0.25) is 0 Å². The van der Waals surface area contributed by atoms with E-state index in [1.807, 2.05) is 10.6 Å². The zero-order chi connectivity index (χ0) is 11.7. The molecule has 0 bridgehead atoms. The summed E-state index contributed by atoms with van der Waals surface area (Å²) < 4.78 is 1.88. The SMILES string of the molecule is CCC(Cl)C(C)c1cc(C)cc2ncnn12. The molecular formula is C12H16ClN3. The van der Waals surface area contributed by atoms with E-state index in [1.54, 1.807) is 6.33 Å². The molecule has 2 heterocycles. The van der Waals surface area contributed by atoms with Crippen molar-refractivity contribution in [2.75, 3.05) is 0 Å². The van der Waals surface area contributed by atoms with Crippen molar-refractivity contribution in [3.05, 3.63) is 29.7 Å². The zero-order valence-corrected chi connectivity index (χ0v) is 10.6. The number of hydrogen-bond acceptors (Lipinski definition) is 2. The Labute approximate surface area is 100 Å². The third kappa shape index (κ3) is 1.92. The van der Waals surface area contributed by atoms with Gasteiger partial charge in [0, 0.05) is 17.0 Å². The summed E-state index contributed by atoms with van der Waals surface area (Å²) in [6.45, 7) is 6.31. The first-order valence-electron chi connectivity index (χ1n) is 5.57. The summed E-state index contributed by atoms with van der Waals surface area (Å²) in [7, 11) is 0. The Hall–Kier alpha value is -1.09. The predicted molar refractivity (Wildman–Crippen MR) is 66.1 cm³/mol. The largest absolute Gasteiger partial charge is 0.218 e. The molecule has 0 spiro atoms. The quantitative estimate of drug-likeness (QED) is 0.768. The average Bonchev–Trinajstić information content (AvgIpc) is 2.73. The molecule has 0 amide bonds. The van der Waals surface area contributed by atoms with Crippen molar-refractivity contribution in [2.24, 2.45) is 0 Å². The molecule has 0 N–H and O–H groups in total. The van der Waals surface area contributed by atoms with Crippen LogP contribution in [0.3, 0.4) is 0 Å². The van der Waals surface area contributed by atoms with Crippen molar-refractivity contribution in [1.29, 1.82) is 0 Å². The molecule has 2 aromatic heterocycles. The van der Waals surface area contributed by atoms with Crippen LogP contribution in [0.1, 0.15) is 37.4 Å². The molecule has 3 nitrogen and oxygen atoms in total. The zero-order valence-electron chi connectivity index (χ0n) is 9.81. The van der Waals surface area contributed by atoms with Crippen molar-refractivity contribution in [3.8, 4) is 0 Å². The maximum absolute atomic E-state index is 6.31. The van der Waals surface area contributed by atoms with Crippen LogP contribution in [0.15, 0.2) is 18.5 Å². The van der Waals surface area contributed by atoms with E-state index in [1.165, 1.54) is 5.56 Å². The Bertz CT molecular complexity index is 492. The van der Waals surface area contributed by atoms with Gasteiger partial charge in [0.15, 0.2) is 5.65 Å². The van der Waals surface area contributed by atoms with Crippen LogP contribution in [-0.2, 0) is 0 Å². The molecule has 0 fully saturated rings. The minimum atomic E-state index is 0.134. The Morgan fingerprint density at radius 1 is 1.44 bits per heavy atom. The van der Waals surface area contributed by atoms with E-state index in [9.17, 15) is 0 Å². The van der Waals surface area contributed by atoms with Crippen molar-refractivity contribution < 1.29 is 0 Å². The number of halogens is 1. The third-order valence-electron chi connectivity index (χ3n) is 2.95. The molecule has 2 aromatic rings. The van der Waals surface area contributed by atoms with Crippen LogP contribution >= 0.6 is 11.6 Å². The van der Waals surface area contributed by atoms with E-state index in [2.05, 4.69) is 36.9 Å². The van der Waals surface area contributed by atoms with Gasteiger partial charge in [-0.05, 0) is 31.0 Å². The number of aromatic nitrogens is 3. The lowest BCUT2D eigenvalue weighted by molar-refractivity contribution is 0.634. The van der Waals surface area contributed by atoms with Gasteiger partial charge in [0.1, 0.15) is 6.33 Å². The summed E-state index contributed by atoms with van der Waals surface area (Å²) in [5.41, 5.74) is 3.22. The van der Waals surface area contributed by atoms with E-state index >= 15 is 0 Å². The summed E-state index contributed by atoms with van der Waals surface area (Å²) in [6, 6.07) is 4.16. The van der Waals surface area contributed by atoms with E-state index in [-0.39, 0.29) is 11.3 Å². The number of aryl methyl sites for hydroxylation is 1. The monoisotopic (exact) mass is 237 g/mol. The van der Waals surface area contributed by atoms with Gasteiger partial charge in [0.05, 0.1) is 0 Å². The highest BCUT2D eigenvalue weighted by molar-refractivity contribution is 6.21. The minimum absolute atomic E-state index is 0.134. The molecular weight excluding hydrogens is 222 g/mol. The number of alkyl halides is 1. The van der Waals surface area contributed by atoms with E-state index < -0.39 is 0 Å². The van der Waals surface area contributed by atoms with E-state index in [0.29, 0.717) is 0 Å². The Kier molecular flexibility index (Phi) is 3.15. The third-order valence-corrected chi connectivity index (χ3v) is 3.64. The second-order valence-electron chi connectivity index (χ2n) is 4.20. The lowest BCUT2D eigenvalue weighted by Crippen LogP contribution is -2.13. The maximum Gasteiger partial charge on any atom is 0.155 e. The molecule has 2 atom stereocenters. The highest BCUT2D eigenvalue weighted by atomic mass is 35.5. The molecule has 0 aromatic carbocycles. The standard InChI is InChI=1S/C12H16ClN3/c1-4-10(13)9(3)11-5-8(2)6-12-14-7-15-16(11)12/h5-7,9-10H,4H2,1-3H3. The normalized spacial score (nSPS) is 15.2. The van der Waals surface area contributed by atoms with Gasteiger partial charge < -0.3 is 0 Å². The first kappa shape index (κ1) is 11.4. The van der Waals surface area contributed by atoms with Crippen molar-refractivity contribution >= 4 is 17.2 Å². The highest BCUT2D eigenvalue weighted by Crippen LogP contribution is 2.26. The molecule has 0 saturated carbocycles. The number of fused-ring (bicyclic) bond motifs is 1. The molecule has 0 aliphatic rings. The van der Waals surface area contributed by atoms with Gasteiger partial charge in [-0.25, -0.2) is 9.50 Å². The fourth-order valence-corrected chi connectivity index (χ4v) is 2.08. The van der Waals surface area contributed by atoms with Gasteiger partial charge >= 0.3 is 0 Å². The first-order valence-corrected chi connectivity index (χ1v) is 6.01. The highest BCUT2D eigenvalue weighted by Gasteiger charge is 2.18. The molecule has 0 aliphatic heterocycles. The summed E-state index contributed by atoms with van der Waals surface area (Å²) in [6.07, 6.45) is 2.53. The fraction of sp³-hybridized carbons (Fsp3) is 0.500. The van der Waals surface area contributed by atoms with Crippen LogP contribution in [0.25, 0.3) is 5.65 Å². The number of rotatable bonds is 3. The lowest BCUT2D eigenvalue weighted by Gasteiger charge is -2.18. The van der Waals surface area contributed by atoms with Gasteiger partial charge in [-0.2, -0.15) is 5.10 Å². The molecule has 0 saturated heterocycles. The molecule has 2 unspecified atom stereocenters. The maximum atomic E-state index is 6.31. The summed E-state index contributed by atoms with van der Waals surface area (Å²) >= 11 is 6.31. The van der Waals surface area contributed by atoms with Crippen molar-refractivity contribution in [3.63, 3.8) is 0 Å². The molecule has 16 heavy (non-hydrogen) atoms. The summed E-state index contributed by atoms with van der Waals surface area (Å²) in [4.78, 5) is 4.22. The average molecular weight is 238 g/mol. The predicted octanol–water partition coefficient (Wildman–Crippen LogP) is 3.16. The number of hydrogen-bond donors (Lipinski definition) is 0. The first-order chi connectivity index (χ1) is 7.63. The molecule has 4 heteroatoms. The molecule has 0 radical (unpaired) electrons. The number of pyridine rings is 1. The van der Waals surface area contributed by atoms with Gasteiger partial charge in [-0.1, -0.05) is 13.8 Å². The number of nitrogens with zero attached hydrogens (tertiary/aromatic N) is 3. The minimum Gasteiger partial charge on any atom is -0.218 e. The molecule has 0 aliphatic carbocycles. The van der Waals surface area contributed by atoms with Gasteiger partial charge in [0.25, 0.3) is 0 Å². The van der Waals surface area contributed by atoms with Crippen LogP contribution in [0.5, 0.6) is 0 Å². The smallest absolute Gasteiger partial charge is 0.155 e. The van der Waals surface area contributed by atoms with Crippen LogP contribution in [0.4, 0.5) is 0 Å². The Morgan fingerprint density at radius 2 is 2.19 bits per heavy atom. The van der Waals surface area contributed by atoms with Crippen molar-refractivity contribution in [2.45, 2.75) is 38.5 Å². The Morgan fingerprint density at radius 3 is 2.88 bits per heavy atom. The van der Waals surface area contributed by atoms with Crippen LogP contribution in [0.2, 0.25) is 0 Å². The molecule has 2 rings (SSSR count).